The van der Waals surface area contributed by atoms with E-state index in [2.05, 4.69) is 17.9 Å². The Morgan fingerprint density at radius 1 is 1.29 bits per heavy atom. The van der Waals surface area contributed by atoms with Crippen molar-refractivity contribution in [2.75, 3.05) is 31.1 Å². The Bertz CT molecular complexity index is 575. The Morgan fingerprint density at radius 3 is 2.42 bits per heavy atom. The van der Waals surface area contributed by atoms with Crippen LogP contribution in [-0.2, 0) is 4.74 Å². The largest absolute Gasteiger partial charge is 0.444 e. The van der Waals surface area contributed by atoms with E-state index in [1.54, 1.807) is 4.90 Å². The van der Waals surface area contributed by atoms with Gasteiger partial charge in [0, 0.05) is 37.9 Å². The number of rotatable bonds is 3. The van der Waals surface area contributed by atoms with E-state index in [1.807, 2.05) is 33.8 Å². The number of hydrogen-bond donors (Lipinski definition) is 1. The minimum Gasteiger partial charge on any atom is -0.444 e. The first-order valence-corrected chi connectivity index (χ1v) is 8.67. The monoisotopic (exact) mass is 334 g/mol. The van der Waals surface area contributed by atoms with Crippen molar-refractivity contribution in [1.82, 2.24) is 9.88 Å². The minimum atomic E-state index is -0.458. The molecule has 2 rings (SSSR count). The van der Waals surface area contributed by atoms with Crippen molar-refractivity contribution in [2.45, 2.75) is 52.7 Å². The maximum atomic E-state index is 12.1. The number of aromatic nitrogens is 1. The molecule has 1 aromatic rings. The fourth-order valence-electron chi connectivity index (χ4n) is 2.79. The molecule has 0 aromatic carbocycles. The van der Waals surface area contributed by atoms with E-state index in [4.69, 9.17) is 15.5 Å². The number of piperazine rings is 1. The first kappa shape index (κ1) is 18.5. The number of hydrogen-bond acceptors (Lipinski definition) is 5. The minimum absolute atomic E-state index is 0.0376. The van der Waals surface area contributed by atoms with Gasteiger partial charge < -0.3 is 20.3 Å². The van der Waals surface area contributed by atoms with Gasteiger partial charge in [0.25, 0.3) is 0 Å². The van der Waals surface area contributed by atoms with Crippen LogP contribution in [0.4, 0.5) is 10.6 Å². The molecular weight excluding hydrogens is 304 g/mol. The van der Waals surface area contributed by atoms with Crippen LogP contribution in [0.15, 0.2) is 12.1 Å². The van der Waals surface area contributed by atoms with Gasteiger partial charge in [-0.15, -0.1) is 0 Å². The molecule has 2 heterocycles. The number of nitrogens with zero attached hydrogens (tertiary/aromatic N) is 3. The number of aryl methyl sites for hydroxylation is 1. The lowest BCUT2D eigenvalue weighted by Crippen LogP contribution is -2.50. The number of pyridine rings is 1. The maximum absolute atomic E-state index is 12.1. The van der Waals surface area contributed by atoms with Crippen LogP contribution in [-0.4, -0.2) is 47.8 Å². The lowest BCUT2D eigenvalue weighted by molar-refractivity contribution is 0.0240. The van der Waals surface area contributed by atoms with Gasteiger partial charge in [0.05, 0.1) is 0 Å². The lowest BCUT2D eigenvalue weighted by atomic mass is 10.0. The van der Waals surface area contributed by atoms with Crippen LogP contribution in [0.1, 0.15) is 51.4 Å². The van der Waals surface area contributed by atoms with Crippen LogP contribution in [0, 0.1) is 6.92 Å². The Balaban J connectivity index is 1.97. The molecule has 1 aliphatic rings. The number of carbonyl (C=O) groups excluding carboxylic acids is 1. The summed E-state index contributed by atoms with van der Waals surface area (Å²) in [5.41, 5.74) is 7.74. The van der Waals surface area contributed by atoms with E-state index in [9.17, 15) is 4.79 Å². The highest BCUT2D eigenvalue weighted by atomic mass is 16.6. The topological polar surface area (TPSA) is 71.7 Å². The van der Waals surface area contributed by atoms with Gasteiger partial charge in [-0.25, -0.2) is 9.78 Å². The second kappa shape index (κ2) is 7.38. The van der Waals surface area contributed by atoms with Crippen LogP contribution in [0.5, 0.6) is 0 Å². The van der Waals surface area contributed by atoms with Gasteiger partial charge in [-0.1, -0.05) is 13.0 Å². The summed E-state index contributed by atoms with van der Waals surface area (Å²) < 4.78 is 5.43. The molecule has 24 heavy (non-hydrogen) atoms. The fourth-order valence-corrected chi connectivity index (χ4v) is 2.79. The molecule has 6 heteroatoms. The van der Waals surface area contributed by atoms with Gasteiger partial charge in [0.2, 0.25) is 0 Å². The van der Waals surface area contributed by atoms with Crippen molar-refractivity contribution in [3.63, 3.8) is 0 Å². The van der Waals surface area contributed by atoms with E-state index < -0.39 is 5.60 Å². The van der Waals surface area contributed by atoms with Gasteiger partial charge in [-0.2, -0.15) is 0 Å². The highest BCUT2D eigenvalue weighted by Crippen LogP contribution is 2.22. The molecule has 0 saturated carbocycles. The third-order valence-electron chi connectivity index (χ3n) is 4.21. The molecule has 1 saturated heterocycles. The summed E-state index contributed by atoms with van der Waals surface area (Å²) in [7, 11) is 0. The van der Waals surface area contributed by atoms with Crippen molar-refractivity contribution in [2.24, 2.45) is 5.73 Å². The Labute approximate surface area is 145 Å². The van der Waals surface area contributed by atoms with Crippen LogP contribution in [0.2, 0.25) is 0 Å². The molecule has 2 N–H and O–H groups in total. The second-order valence-electron chi connectivity index (χ2n) is 7.31. The highest BCUT2D eigenvalue weighted by molar-refractivity contribution is 5.68. The molecular formula is C18H30N4O2. The lowest BCUT2D eigenvalue weighted by Gasteiger charge is -2.36. The second-order valence-corrected chi connectivity index (χ2v) is 7.31. The van der Waals surface area contributed by atoms with Crippen LogP contribution in [0.3, 0.4) is 0 Å². The predicted molar refractivity (Wildman–Crippen MR) is 96.2 cm³/mol. The molecule has 0 aliphatic carbocycles. The zero-order valence-corrected chi connectivity index (χ0v) is 15.5. The normalized spacial score (nSPS) is 16.9. The van der Waals surface area contributed by atoms with E-state index in [-0.39, 0.29) is 12.1 Å². The molecule has 1 atom stereocenters. The standard InChI is InChI=1S/C18H30N4O2/c1-6-15(19)14-7-8-16(20-13(14)2)21-9-11-22(12-10-21)17(23)24-18(3,4)5/h7-8,15H,6,9-12,19H2,1-5H3. The first-order chi connectivity index (χ1) is 11.2. The van der Waals surface area contributed by atoms with Crippen LogP contribution >= 0.6 is 0 Å². The summed E-state index contributed by atoms with van der Waals surface area (Å²) in [5, 5.41) is 0. The third-order valence-corrected chi connectivity index (χ3v) is 4.21. The fraction of sp³-hybridized carbons (Fsp3) is 0.667. The summed E-state index contributed by atoms with van der Waals surface area (Å²) in [5.74, 6) is 0.948. The number of amides is 1. The smallest absolute Gasteiger partial charge is 0.410 e. The van der Waals surface area contributed by atoms with E-state index in [0.29, 0.717) is 13.1 Å². The van der Waals surface area contributed by atoms with Gasteiger partial charge in [-0.3, -0.25) is 0 Å². The van der Waals surface area contributed by atoms with Gasteiger partial charge in [0.1, 0.15) is 11.4 Å². The molecule has 1 amide bonds. The number of ether oxygens (including phenoxy) is 1. The zero-order valence-electron chi connectivity index (χ0n) is 15.5. The third kappa shape index (κ3) is 4.60. The van der Waals surface area contributed by atoms with Crippen LogP contribution in [0.25, 0.3) is 0 Å². The molecule has 0 radical (unpaired) electrons. The number of carbonyl (C=O) groups is 1. The molecule has 0 spiro atoms. The number of nitrogens with two attached hydrogens (primary N) is 1. The summed E-state index contributed by atoms with van der Waals surface area (Å²) in [6.07, 6.45) is 0.659. The Morgan fingerprint density at radius 2 is 1.92 bits per heavy atom. The summed E-state index contributed by atoms with van der Waals surface area (Å²) >= 11 is 0. The average Bonchev–Trinajstić information content (AvgIpc) is 2.52. The molecule has 1 aromatic heterocycles. The zero-order chi connectivity index (χ0) is 17.9. The van der Waals surface area contributed by atoms with Crippen molar-refractivity contribution in [1.29, 1.82) is 0 Å². The van der Waals surface area contributed by atoms with E-state index in [1.165, 1.54) is 0 Å². The molecule has 0 bridgehead atoms. The van der Waals surface area contributed by atoms with Crippen molar-refractivity contribution >= 4 is 11.9 Å². The SMILES string of the molecule is CCC(N)c1ccc(N2CCN(C(=O)OC(C)(C)C)CC2)nc1C. The molecule has 1 aliphatic heterocycles. The summed E-state index contributed by atoms with van der Waals surface area (Å²) in [6, 6.07) is 4.14. The molecule has 1 unspecified atom stereocenters. The maximum Gasteiger partial charge on any atom is 0.410 e. The van der Waals surface area contributed by atoms with Gasteiger partial charge >= 0.3 is 6.09 Å². The van der Waals surface area contributed by atoms with Gasteiger partial charge in [0.15, 0.2) is 0 Å². The summed E-state index contributed by atoms with van der Waals surface area (Å²) in [4.78, 5) is 20.8. The van der Waals surface area contributed by atoms with E-state index in [0.717, 1.165) is 36.6 Å². The summed E-state index contributed by atoms with van der Waals surface area (Å²) in [6.45, 7) is 12.5. The van der Waals surface area contributed by atoms with Gasteiger partial charge in [-0.05, 0) is 45.7 Å². The Hall–Kier alpha value is -1.82. The van der Waals surface area contributed by atoms with Crippen LogP contribution < -0.4 is 10.6 Å². The van der Waals surface area contributed by atoms with Crippen molar-refractivity contribution in [3.8, 4) is 0 Å². The highest BCUT2D eigenvalue weighted by Gasteiger charge is 2.26. The van der Waals surface area contributed by atoms with Crippen molar-refractivity contribution < 1.29 is 9.53 Å². The predicted octanol–water partition coefficient (Wildman–Crippen LogP) is 2.86. The quantitative estimate of drug-likeness (QED) is 0.920. The molecule has 1 fully saturated rings. The molecule has 6 nitrogen and oxygen atoms in total. The Kier molecular flexibility index (Phi) is 5.70. The van der Waals surface area contributed by atoms with Crippen molar-refractivity contribution in [3.05, 3.63) is 23.4 Å². The number of anilines is 1. The average molecular weight is 334 g/mol. The first-order valence-electron chi connectivity index (χ1n) is 8.67. The molecule has 134 valence electrons. The van der Waals surface area contributed by atoms with E-state index >= 15 is 0 Å².